The summed E-state index contributed by atoms with van der Waals surface area (Å²) in [6.07, 6.45) is 0.989. The molecule has 0 aliphatic rings. The highest BCUT2D eigenvalue weighted by molar-refractivity contribution is 5.88. The monoisotopic (exact) mass is 266 g/mol. The Balaban J connectivity index is 2.50. The molecule has 2 aromatic rings. The molecule has 0 aliphatic heterocycles. The molecule has 0 radical (unpaired) electrons. The maximum absolute atomic E-state index is 13.0. The van der Waals surface area contributed by atoms with Gasteiger partial charge < -0.3 is 9.72 Å². The van der Waals surface area contributed by atoms with Crippen LogP contribution < -0.4 is 5.56 Å². The van der Waals surface area contributed by atoms with E-state index in [0.717, 1.165) is 25.4 Å². The number of carbonyl (C=O) groups is 1. The van der Waals surface area contributed by atoms with E-state index in [0.29, 0.717) is 6.07 Å². The number of esters is 1. The van der Waals surface area contributed by atoms with E-state index in [4.69, 9.17) is 0 Å². The minimum atomic E-state index is -0.842. The lowest BCUT2D eigenvalue weighted by Gasteiger charge is -2.03. The van der Waals surface area contributed by atoms with Gasteiger partial charge in [-0.1, -0.05) is 0 Å². The second-order valence-corrected chi connectivity index (χ2v) is 3.62. The number of benzene rings is 1. The molecule has 0 unspecified atom stereocenters. The van der Waals surface area contributed by atoms with Crippen LogP contribution in [0.4, 0.5) is 8.78 Å². The summed E-state index contributed by atoms with van der Waals surface area (Å²) in [5.41, 5.74) is -0.976. The first-order chi connectivity index (χ1) is 9.01. The van der Waals surface area contributed by atoms with Gasteiger partial charge in [-0.05, 0) is 12.1 Å². The van der Waals surface area contributed by atoms with Gasteiger partial charge in [-0.2, -0.15) is 0 Å². The van der Waals surface area contributed by atoms with Crippen molar-refractivity contribution in [3.05, 3.63) is 51.9 Å². The molecule has 2 rings (SSSR count). The van der Waals surface area contributed by atoms with Gasteiger partial charge >= 0.3 is 5.97 Å². The standard InChI is InChI=1S/C12H8F2N2O3/c1-19-12(18)9-5-15-10(16-11(9)17)6-2-7(13)4-8(14)3-6/h2-5H,1H3,(H,15,16,17). The number of hydrogen-bond donors (Lipinski definition) is 1. The summed E-state index contributed by atoms with van der Waals surface area (Å²) in [6, 6.07) is 2.72. The highest BCUT2D eigenvalue weighted by atomic mass is 19.1. The lowest BCUT2D eigenvalue weighted by atomic mass is 10.2. The van der Waals surface area contributed by atoms with Crippen LogP contribution in [0, 0.1) is 11.6 Å². The van der Waals surface area contributed by atoms with E-state index < -0.39 is 23.2 Å². The number of hydrogen-bond acceptors (Lipinski definition) is 4. The van der Waals surface area contributed by atoms with Crippen LogP contribution in [-0.2, 0) is 4.74 Å². The number of rotatable bonds is 2. The topological polar surface area (TPSA) is 72.0 Å². The molecule has 5 nitrogen and oxygen atoms in total. The second kappa shape index (κ2) is 4.97. The summed E-state index contributed by atoms with van der Waals surface area (Å²) in [4.78, 5) is 28.8. The molecule has 7 heteroatoms. The van der Waals surface area contributed by atoms with Gasteiger partial charge in [0, 0.05) is 17.8 Å². The van der Waals surface area contributed by atoms with Crippen molar-refractivity contribution in [2.24, 2.45) is 0 Å². The molecule has 1 N–H and O–H groups in total. The number of H-pyrrole nitrogens is 1. The summed E-state index contributed by atoms with van der Waals surface area (Å²) in [5, 5.41) is 0. The lowest BCUT2D eigenvalue weighted by molar-refractivity contribution is 0.0598. The van der Waals surface area contributed by atoms with Crippen molar-refractivity contribution in [3.8, 4) is 11.4 Å². The fourth-order valence-electron chi connectivity index (χ4n) is 1.49. The Hall–Kier alpha value is -2.57. The molecule has 0 fully saturated rings. The van der Waals surface area contributed by atoms with Crippen LogP contribution in [0.3, 0.4) is 0 Å². The maximum atomic E-state index is 13.0. The highest BCUT2D eigenvalue weighted by Crippen LogP contribution is 2.16. The predicted molar refractivity (Wildman–Crippen MR) is 61.5 cm³/mol. The zero-order valence-electron chi connectivity index (χ0n) is 9.74. The van der Waals surface area contributed by atoms with E-state index in [-0.39, 0.29) is 17.0 Å². The number of halogens is 2. The second-order valence-electron chi connectivity index (χ2n) is 3.62. The van der Waals surface area contributed by atoms with Crippen LogP contribution in [0.25, 0.3) is 11.4 Å². The van der Waals surface area contributed by atoms with Gasteiger partial charge in [0.2, 0.25) is 0 Å². The van der Waals surface area contributed by atoms with Crippen molar-refractivity contribution >= 4 is 5.97 Å². The van der Waals surface area contributed by atoms with E-state index in [2.05, 4.69) is 14.7 Å². The van der Waals surface area contributed by atoms with Crippen molar-refractivity contribution in [2.45, 2.75) is 0 Å². The molecule has 0 saturated heterocycles. The van der Waals surface area contributed by atoms with Gasteiger partial charge in [-0.15, -0.1) is 0 Å². The molecule has 1 aromatic carbocycles. The first kappa shape index (κ1) is 12.9. The molecular weight excluding hydrogens is 258 g/mol. The Kier molecular flexibility index (Phi) is 3.37. The molecule has 1 aromatic heterocycles. The Labute approximate surface area is 105 Å². The molecule has 19 heavy (non-hydrogen) atoms. The summed E-state index contributed by atoms with van der Waals surface area (Å²) in [7, 11) is 1.12. The van der Waals surface area contributed by atoms with Gasteiger partial charge in [-0.25, -0.2) is 18.6 Å². The molecule has 1 heterocycles. The number of carbonyl (C=O) groups excluding carboxylic acids is 1. The molecule has 0 bridgehead atoms. The fourth-order valence-corrected chi connectivity index (χ4v) is 1.49. The zero-order valence-corrected chi connectivity index (χ0v) is 9.74. The predicted octanol–water partition coefficient (Wildman–Crippen LogP) is 1.50. The summed E-state index contributed by atoms with van der Waals surface area (Å²) < 4.78 is 30.5. The Morgan fingerprint density at radius 3 is 2.42 bits per heavy atom. The van der Waals surface area contributed by atoms with E-state index in [1.54, 1.807) is 0 Å². The zero-order chi connectivity index (χ0) is 14.0. The van der Waals surface area contributed by atoms with Crippen molar-refractivity contribution in [1.82, 2.24) is 9.97 Å². The molecule has 98 valence electrons. The van der Waals surface area contributed by atoms with Crippen LogP contribution in [-0.4, -0.2) is 23.0 Å². The quantitative estimate of drug-likeness (QED) is 0.836. The summed E-state index contributed by atoms with van der Waals surface area (Å²) in [5.74, 6) is -2.48. The first-order valence-corrected chi connectivity index (χ1v) is 5.15. The van der Waals surface area contributed by atoms with E-state index >= 15 is 0 Å². The van der Waals surface area contributed by atoms with Crippen LogP contribution in [0.5, 0.6) is 0 Å². The lowest BCUT2D eigenvalue weighted by Crippen LogP contribution is -2.20. The van der Waals surface area contributed by atoms with E-state index in [1.807, 2.05) is 0 Å². The van der Waals surface area contributed by atoms with Gasteiger partial charge in [-0.3, -0.25) is 4.79 Å². The third-order valence-electron chi connectivity index (χ3n) is 2.34. The number of aromatic nitrogens is 2. The largest absolute Gasteiger partial charge is 0.465 e. The van der Waals surface area contributed by atoms with Crippen LogP contribution in [0.1, 0.15) is 10.4 Å². The SMILES string of the molecule is COC(=O)c1cnc(-c2cc(F)cc(F)c2)[nH]c1=O. The van der Waals surface area contributed by atoms with E-state index in [9.17, 15) is 18.4 Å². The normalized spacial score (nSPS) is 10.3. The average molecular weight is 266 g/mol. The van der Waals surface area contributed by atoms with Gasteiger partial charge in [0.15, 0.2) is 0 Å². The minimum Gasteiger partial charge on any atom is -0.465 e. The number of aromatic amines is 1. The maximum Gasteiger partial charge on any atom is 0.345 e. The average Bonchev–Trinajstić information content (AvgIpc) is 2.36. The minimum absolute atomic E-state index is 0.0453. The number of methoxy groups -OCH3 is 1. The molecule has 0 aliphatic carbocycles. The molecule has 0 saturated carbocycles. The van der Waals surface area contributed by atoms with Gasteiger partial charge in [0.1, 0.15) is 23.0 Å². The Morgan fingerprint density at radius 1 is 1.26 bits per heavy atom. The van der Waals surface area contributed by atoms with Crippen LogP contribution in [0.15, 0.2) is 29.2 Å². The number of nitrogens with zero attached hydrogens (tertiary/aromatic N) is 1. The van der Waals surface area contributed by atoms with Crippen molar-refractivity contribution in [3.63, 3.8) is 0 Å². The number of nitrogens with one attached hydrogen (secondary N) is 1. The highest BCUT2D eigenvalue weighted by Gasteiger charge is 2.13. The van der Waals surface area contributed by atoms with Crippen molar-refractivity contribution in [2.75, 3.05) is 7.11 Å². The molecular formula is C12H8F2N2O3. The van der Waals surface area contributed by atoms with Gasteiger partial charge in [0.05, 0.1) is 7.11 Å². The van der Waals surface area contributed by atoms with Crippen LogP contribution >= 0.6 is 0 Å². The summed E-state index contributed by atoms with van der Waals surface area (Å²) >= 11 is 0. The smallest absolute Gasteiger partial charge is 0.345 e. The van der Waals surface area contributed by atoms with Crippen molar-refractivity contribution < 1.29 is 18.3 Å². The molecule has 0 amide bonds. The van der Waals surface area contributed by atoms with Gasteiger partial charge in [0.25, 0.3) is 5.56 Å². The molecule has 0 spiro atoms. The van der Waals surface area contributed by atoms with Crippen molar-refractivity contribution in [1.29, 1.82) is 0 Å². The Bertz CT molecular complexity index is 677. The first-order valence-electron chi connectivity index (χ1n) is 5.15. The van der Waals surface area contributed by atoms with E-state index in [1.165, 1.54) is 0 Å². The third kappa shape index (κ3) is 2.65. The summed E-state index contributed by atoms with van der Waals surface area (Å²) in [6.45, 7) is 0. The number of ether oxygens (including phenoxy) is 1. The Morgan fingerprint density at radius 2 is 1.89 bits per heavy atom. The molecule has 0 atom stereocenters. The third-order valence-corrected chi connectivity index (χ3v) is 2.34. The van der Waals surface area contributed by atoms with Crippen LogP contribution in [0.2, 0.25) is 0 Å². The fraction of sp³-hybridized carbons (Fsp3) is 0.0833.